The maximum Gasteiger partial charge on any atom is 0.341 e. The summed E-state index contributed by atoms with van der Waals surface area (Å²) in [5.74, 6) is -0.870. The SMILES string of the molecule is Cc1sc(NC(=O)C2CC2)c(C(=O)OCCOc2ccccc2F)c1C. The van der Waals surface area contributed by atoms with E-state index in [1.54, 1.807) is 12.1 Å². The Morgan fingerprint density at radius 3 is 2.65 bits per heavy atom. The number of thiophene rings is 1. The lowest BCUT2D eigenvalue weighted by Gasteiger charge is -2.09. The van der Waals surface area contributed by atoms with Crippen molar-refractivity contribution in [3.8, 4) is 5.75 Å². The highest BCUT2D eigenvalue weighted by Gasteiger charge is 2.31. The van der Waals surface area contributed by atoms with Crippen LogP contribution in [0.5, 0.6) is 5.75 Å². The molecular weight excluding hydrogens is 357 g/mol. The number of rotatable bonds is 7. The van der Waals surface area contributed by atoms with Crippen LogP contribution in [0.25, 0.3) is 0 Å². The third kappa shape index (κ3) is 4.22. The summed E-state index contributed by atoms with van der Waals surface area (Å²) in [5, 5.41) is 3.36. The molecule has 1 aliphatic rings. The van der Waals surface area contributed by atoms with Crippen molar-refractivity contribution in [2.75, 3.05) is 18.5 Å². The molecule has 1 N–H and O–H groups in total. The third-order valence-electron chi connectivity index (χ3n) is 4.19. The van der Waals surface area contributed by atoms with Gasteiger partial charge in [-0.1, -0.05) is 12.1 Å². The summed E-state index contributed by atoms with van der Waals surface area (Å²) < 4.78 is 24.0. The Labute approximate surface area is 155 Å². The summed E-state index contributed by atoms with van der Waals surface area (Å²) >= 11 is 1.37. The molecule has 26 heavy (non-hydrogen) atoms. The van der Waals surface area contributed by atoms with E-state index in [9.17, 15) is 14.0 Å². The van der Waals surface area contributed by atoms with Crippen molar-refractivity contribution < 1.29 is 23.5 Å². The number of hydrogen-bond acceptors (Lipinski definition) is 5. The minimum atomic E-state index is -0.518. The second kappa shape index (κ2) is 7.86. The van der Waals surface area contributed by atoms with Gasteiger partial charge in [0.15, 0.2) is 11.6 Å². The zero-order chi connectivity index (χ0) is 18.7. The summed E-state index contributed by atoms with van der Waals surface area (Å²) in [6.07, 6.45) is 1.78. The van der Waals surface area contributed by atoms with Crippen LogP contribution in [0.4, 0.5) is 9.39 Å². The minimum absolute atomic E-state index is 0.0164. The lowest BCUT2D eigenvalue weighted by Crippen LogP contribution is -2.17. The van der Waals surface area contributed by atoms with Crippen molar-refractivity contribution in [2.45, 2.75) is 26.7 Å². The van der Waals surface area contributed by atoms with E-state index in [1.807, 2.05) is 13.8 Å². The number of benzene rings is 1. The van der Waals surface area contributed by atoms with Crippen LogP contribution in [0.1, 0.15) is 33.6 Å². The topological polar surface area (TPSA) is 64.6 Å². The molecule has 1 aromatic carbocycles. The molecule has 0 radical (unpaired) electrons. The normalized spacial score (nSPS) is 13.3. The van der Waals surface area contributed by atoms with E-state index in [4.69, 9.17) is 9.47 Å². The van der Waals surface area contributed by atoms with Crippen molar-refractivity contribution in [1.82, 2.24) is 0 Å². The molecule has 5 nitrogen and oxygen atoms in total. The Morgan fingerprint density at radius 2 is 1.96 bits per heavy atom. The molecule has 0 bridgehead atoms. The molecule has 1 fully saturated rings. The van der Waals surface area contributed by atoms with Crippen LogP contribution >= 0.6 is 11.3 Å². The average molecular weight is 377 g/mol. The number of ether oxygens (including phenoxy) is 2. The molecule has 1 saturated carbocycles. The molecule has 1 aromatic heterocycles. The first-order valence-electron chi connectivity index (χ1n) is 8.42. The Hall–Kier alpha value is -2.41. The van der Waals surface area contributed by atoms with E-state index in [0.717, 1.165) is 23.3 Å². The first-order valence-corrected chi connectivity index (χ1v) is 9.24. The van der Waals surface area contributed by atoms with Crippen LogP contribution < -0.4 is 10.1 Å². The van der Waals surface area contributed by atoms with Crippen molar-refractivity contribution in [3.63, 3.8) is 0 Å². The average Bonchev–Trinajstić information content (AvgIpc) is 3.41. The number of carbonyl (C=O) groups is 2. The third-order valence-corrected chi connectivity index (χ3v) is 5.31. The molecule has 3 rings (SSSR count). The van der Waals surface area contributed by atoms with E-state index in [-0.39, 0.29) is 30.8 Å². The number of carbonyl (C=O) groups excluding carboxylic acids is 2. The predicted octanol–water partition coefficient (Wildman–Crippen LogP) is 4.09. The number of amides is 1. The van der Waals surface area contributed by atoms with E-state index in [1.165, 1.54) is 23.5 Å². The highest BCUT2D eigenvalue weighted by atomic mass is 32.1. The van der Waals surface area contributed by atoms with Crippen LogP contribution in [-0.4, -0.2) is 25.1 Å². The molecule has 138 valence electrons. The fourth-order valence-corrected chi connectivity index (χ4v) is 3.49. The second-order valence-electron chi connectivity index (χ2n) is 6.17. The second-order valence-corrected chi connectivity index (χ2v) is 7.39. The molecule has 7 heteroatoms. The summed E-state index contributed by atoms with van der Waals surface area (Å²) in [5.41, 5.74) is 1.17. The van der Waals surface area contributed by atoms with Gasteiger partial charge in [-0.15, -0.1) is 11.3 Å². The molecule has 1 aliphatic carbocycles. The van der Waals surface area contributed by atoms with Gasteiger partial charge in [0.1, 0.15) is 18.2 Å². The Bertz CT molecular complexity index is 829. The zero-order valence-corrected chi connectivity index (χ0v) is 15.5. The first kappa shape index (κ1) is 18.4. The zero-order valence-electron chi connectivity index (χ0n) is 14.6. The number of nitrogens with one attached hydrogen (secondary N) is 1. The number of hydrogen-bond donors (Lipinski definition) is 1. The van der Waals surface area contributed by atoms with Crippen molar-refractivity contribution in [2.24, 2.45) is 5.92 Å². The van der Waals surface area contributed by atoms with Crippen LogP contribution in [0.2, 0.25) is 0 Å². The van der Waals surface area contributed by atoms with Gasteiger partial charge in [-0.25, -0.2) is 9.18 Å². The van der Waals surface area contributed by atoms with E-state index in [2.05, 4.69) is 5.32 Å². The van der Waals surface area contributed by atoms with Gasteiger partial charge in [-0.3, -0.25) is 4.79 Å². The van der Waals surface area contributed by atoms with Gasteiger partial charge in [0.05, 0.1) is 5.56 Å². The van der Waals surface area contributed by atoms with E-state index in [0.29, 0.717) is 10.6 Å². The molecular formula is C19H20FNO4S. The van der Waals surface area contributed by atoms with Gasteiger partial charge < -0.3 is 14.8 Å². The van der Waals surface area contributed by atoms with Crippen LogP contribution in [0, 0.1) is 25.6 Å². The van der Waals surface area contributed by atoms with Crippen molar-refractivity contribution in [3.05, 3.63) is 46.1 Å². The van der Waals surface area contributed by atoms with Gasteiger partial charge >= 0.3 is 5.97 Å². The lowest BCUT2D eigenvalue weighted by atomic mass is 10.1. The Balaban J connectivity index is 1.58. The largest absolute Gasteiger partial charge is 0.487 e. The molecule has 1 amide bonds. The summed E-state index contributed by atoms with van der Waals surface area (Å²) in [4.78, 5) is 25.4. The molecule has 0 aliphatic heterocycles. The number of halogens is 1. The van der Waals surface area contributed by atoms with E-state index >= 15 is 0 Å². The maximum absolute atomic E-state index is 13.5. The van der Waals surface area contributed by atoms with Gasteiger partial charge in [-0.05, 0) is 44.4 Å². The van der Waals surface area contributed by atoms with Gasteiger partial charge in [0.2, 0.25) is 5.91 Å². The lowest BCUT2D eigenvalue weighted by molar-refractivity contribution is -0.117. The van der Waals surface area contributed by atoms with Crippen molar-refractivity contribution in [1.29, 1.82) is 0 Å². The molecule has 0 atom stereocenters. The van der Waals surface area contributed by atoms with Crippen LogP contribution in [0.15, 0.2) is 24.3 Å². The smallest absolute Gasteiger partial charge is 0.341 e. The van der Waals surface area contributed by atoms with Gasteiger partial charge in [0.25, 0.3) is 0 Å². The Morgan fingerprint density at radius 1 is 1.23 bits per heavy atom. The highest BCUT2D eigenvalue weighted by molar-refractivity contribution is 7.16. The minimum Gasteiger partial charge on any atom is -0.487 e. The van der Waals surface area contributed by atoms with E-state index < -0.39 is 11.8 Å². The fraction of sp³-hybridized carbons (Fsp3) is 0.368. The first-order chi connectivity index (χ1) is 12.5. The number of anilines is 1. The Kier molecular flexibility index (Phi) is 5.56. The number of para-hydroxylation sites is 1. The summed E-state index contributed by atoms with van der Waals surface area (Å²) in [6, 6.07) is 6.04. The summed E-state index contributed by atoms with van der Waals surface area (Å²) in [6.45, 7) is 3.74. The molecule has 0 unspecified atom stereocenters. The van der Waals surface area contributed by atoms with Gasteiger partial charge in [-0.2, -0.15) is 0 Å². The fourth-order valence-electron chi connectivity index (χ4n) is 2.44. The standard InChI is InChI=1S/C19H20FNO4S/c1-11-12(2)26-18(21-17(22)13-7-8-13)16(11)19(23)25-10-9-24-15-6-4-3-5-14(15)20/h3-6,13H,7-10H2,1-2H3,(H,21,22). The quantitative estimate of drug-likeness (QED) is 0.583. The number of aryl methyl sites for hydroxylation is 1. The van der Waals surface area contributed by atoms with Crippen LogP contribution in [-0.2, 0) is 9.53 Å². The predicted molar refractivity (Wildman–Crippen MR) is 97.3 cm³/mol. The molecule has 0 saturated heterocycles. The summed E-state index contributed by atoms with van der Waals surface area (Å²) in [7, 11) is 0. The van der Waals surface area contributed by atoms with Crippen LogP contribution in [0.3, 0.4) is 0 Å². The number of esters is 1. The molecule has 1 heterocycles. The maximum atomic E-state index is 13.5. The van der Waals surface area contributed by atoms with Gasteiger partial charge in [0, 0.05) is 10.8 Å². The molecule has 0 spiro atoms. The monoisotopic (exact) mass is 377 g/mol. The van der Waals surface area contributed by atoms with Crippen molar-refractivity contribution >= 4 is 28.2 Å². The highest BCUT2D eigenvalue weighted by Crippen LogP contribution is 2.36. The molecule has 2 aromatic rings.